The van der Waals surface area contributed by atoms with Gasteiger partial charge in [0.05, 0.1) is 17.0 Å². The summed E-state index contributed by atoms with van der Waals surface area (Å²) in [6.07, 6.45) is 1.59. The van der Waals surface area contributed by atoms with Crippen molar-refractivity contribution in [1.29, 1.82) is 0 Å². The van der Waals surface area contributed by atoms with Gasteiger partial charge in [0.25, 0.3) is 5.56 Å². The van der Waals surface area contributed by atoms with Crippen LogP contribution in [0.4, 0.5) is 11.5 Å². The summed E-state index contributed by atoms with van der Waals surface area (Å²) in [5.74, 6) is 0.0854. The van der Waals surface area contributed by atoms with Crippen LogP contribution in [0.5, 0.6) is 0 Å². The number of para-hydroxylation sites is 2. The van der Waals surface area contributed by atoms with Crippen LogP contribution in [0.3, 0.4) is 0 Å². The van der Waals surface area contributed by atoms with Crippen molar-refractivity contribution in [2.45, 2.75) is 19.8 Å². The van der Waals surface area contributed by atoms with Gasteiger partial charge in [-0.2, -0.15) is 0 Å². The summed E-state index contributed by atoms with van der Waals surface area (Å²) in [4.78, 5) is 34.6. The summed E-state index contributed by atoms with van der Waals surface area (Å²) in [5.41, 5.74) is 2.89. The van der Waals surface area contributed by atoms with Gasteiger partial charge >= 0.3 is 0 Å². The SMILES string of the molecule is Cc1ccc(Cl)cc1NC(=O)C1CCCN(c2nc3ccccc3[nH]c2=O)C1. The number of halogens is 1. The van der Waals surface area contributed by atoms with Crippen LogP contribution >= 0.6 is 11.6 Å². The van der Waals surface area contributed by atoms with Gasteiger partial charge in [-0.05, 0) is 49.6 Å². The maximum Gasteiger partial charge on any atom is 0.291 e. The minimum Gasteiger partial charge on any atom is -0.351 e. The number of fused-ring (bicyclic) bond motifs is 1. The highest BCUT2D eigenvalue weighted by molar-refractivity contribution is 6.31. The molecule has 4 rings (SSSR count). The van der Waals surface area contributed by atoms with E-state index in [9.17, 15) is 9.59 Å². The lowest BCUT2D eigenvalue weighted by Crippen LogP contribution is -2.43. The molecule has 3 aromatic rings. The molecular formula is C21H21ClN4O2. The monoisotopic (exact) mass is 396 g/mol. The molecule has 28 heavy (non-hydrogen) atoms. The van der Waals surface area contributed by atoms with Crippen molar-refractivity contribution < 1.29 is 4.79 Å². The highest BCUT2D eigenvalue weighted by atomic mass is 35.5. The van der Waals surface area contributed by atoms with Gasteiger partial charge in [-0.3, -0.25) is 9.59 Å². The topological polar surface area (TPSA) is 78.1 Å². The zero-order valence-electron chi connectivity index (χ0n) is 15.5. The molecule has 0 radical (unpaired) electrons. The fraction of sp³-hybridized carbons (Fsp3) is 0.286. The molecule has 2 aromatic carbocycles. The number of piperidine rings is 1. The Labute approximate surface area is 167 Å². The standard InChI is InChI=1S/C21H21ClN4O2/c1-13-8-9-15(22)11-18(13)25-20(27)14-5-4-10-26(12-14)19-21(28)24-17-7-3-2-6-16(17)23-19/h2-3,6-9,11,14H,4-5,10,12H2,1H3,(H,24,28)(H,25,27). The third-order valence-electron chi connectivity index (χ3n) is 5.13. The molecule has 1 aromatic heterocycles. The molecule has 0 bridgehead atoms. The number of nitrogens with one attached hydrogen (secondary N) is 2. The van der Waals surface area contributed by atoms with Gasteiger partial charge in [0.1, 0.15) is 0 Å². The number of rotatable bonds is 3. The molecule has 1 amide bonds. The summed E-state index contributed by atoms with van der Waals surface area (Å²) in [5, 5.41) is 3.56. The molecule has 0 aliphatic carbocycles. The Morgan fingerprint density at radius 3 is 2.96 bits per heavy atom. The second-order valence-electron chi connectivity index (χ2n) is 7.14. The average Bonchev–Trinajstić information content (AvgIpc) is 2.70. The summed E-state index contributed by atoms with van der Waals surface area (Å²) in [6.45, 7) is 3.09. The molecular weight excluding hydrogens is 376 g/mol. The van der Waals surface area contributed by atoms with Crippen molar-refractivity contribution in [2.24, 2.45) is 5.92 Å². The Balaban J connectivity index is 1.54. The van der Waals surface area contributed by atoms with E-state index in [1.807, 2.05) is 42.2 Å². The van der Waals surface area contributed by atoms with Crippen molar-refractivity contribution in [3.05, 3.63) is 63.4 Å². The smallest absolute Gasteiger partial charge is 0.291 e. The zero-order chi connectivity index (χ0) is 19.7. The molecule has 2 N–H and O–H groups in total. The van der Waals surface area contributed by atoms with Crippen LogP contribution in [0.25, 0.3) is 11.0 Å². The molecule has 1 fully saturated rings. The van der Waals surface area contributed by atoms with Gasteiger partial charge < -0.3 is 15.2 Å². The zero-order valence-corrected chi connectivity index (χ0v) is 16.3. The van der Waals surface area contributed by atoms with Crippen LogP contribution in [-0.4, -0.2) is 29.0 Å². The largest absolute Gasteiger partial charge is 0.351 e. The molecule has 2 heterocycles. The van der Waals surface area contributed by atoms with Gasteiger partial charge in [0.15, 0.2) is 5.82 Å². The van der Waals surface area contributed by atoms with Crippen molar-refractivity contribution in [2.75, 3.05) is 23.3 Å². The number of nitrogens with zero attached hydrogens (tertiary/aromatic N) is 2. The van der Waals surface area contributed by atoms with Crippen LogP contribution in [0.15, 0.2) is 47.3 Å². The number of amides is 1. The molecule has 1 atom stereocenters. The Morgan fingerprint density at radius 2 is 2.11 bits per heavy atom. The molecule has 1 saturated heterocycles. The second kappa shape index (κ2) is 7.64. The molecule has 7 heteroatoms. The number of aromatic amines is 1. The number of benzene rings is 2. The van der Waals surface area contributed by atoms with Crippen LogP contribution in [-0.2, 0) is 4.79 Å². The van der Waals surface area contributed by atoms with Crippen molar-refractivity contribution in [3.8, 4) is 0 Å². The third-order valence-corrected chi connectivity index (χ3v) is 5.37. The molecule has 1 aliphatic heterocycles. The van der Waals surface area contributed by atoms with E-state index >= 15 is 0 Å². The highest BCUT2D eigenvalue weighted by Gasteiger charge is 2.28. The minimum atomic E-state index is -0.231. The number of aromatic nitrogens is 2. The van der Waals surface area contributed by atoms with Gasteiger partial charge in [-0.15, -0.1) is 0 Å². The Hall–Kier alpha value is -2.86. The second-order valence-corrected chi connectivity index (χ2v) is 7.58. The first-order valence-corrected chi connectivity index (χ1v) is 9.70. The van der Waals surface area contributed by atoms with E-state index in [4.69, 9.17) is 11.6 Å². The van der Waals surface area contributed by atoms with Crippen molar-refractivity contribution >= 4 is 40.0 Å². The normalized spacial score (nSPS) is 16.9. The fourth-order valence-corrected chi connectivity index (χ4v) is 3.75. The number of carbonyl (C=O) groups excluding carboxylic acids is 1. The molecule has 144 valence electrons. The fourth-order valence-electron chi connectivity index (χ4n) is 3.58. The first-order valence-electron chi connectivity index (χ1n) is 9.32. The average molecular weight is 397 g/mol. The van der Waals surface area contributed by atoms with Gasteiger partial charge in [-0.1, -0.05) is 29.8 Å². The van der Waals surface area contributed by atoms with Crippen LogP contribution in [0.2, 0.25) is 5.02 Å². The van der Waals surface area contributed by atoms with E-state index in [0.29, 0.717) is 29.4 Å². The summed E-state index contributed by atoms with van der Waals surface area (Å²) in [6, 6.07) is 12.9. The van der Waals surface area contributed by atoms with Gasteiger partial charge in [0.2, 0.25) is 5.91 Å². The van der Waals surface area contributed by atoms with E-state index < -0.39 is 0 Å². The molecule has 0 spiro atoms. The summed E-state index contributed by atoms with van der Waals surface area (Å²) >= 11 is 6.05. The Bertz CT molecular complexity index is 1100. The Kier molecular flexibility index (Phi) is 5.05. The first-order chi connectivity index (χ1) is 13.5. The Morgan fingerprint density at radius 1 is 1.29 bits per heavy atom. The van der Waals surface area contributed by atoms with Crippen molar-refractivity contribution in [3.63, 3.8) is 0 Å². The first kappa shape index (κ1) is 18.5. The number of aryl methyl sites for hydroxylation is 1. The maximum atomic E-state index is 12.8. The van der Waals surface area contributed by atoms with E-state index in [-0.39, 0.29) is 17.4 Å². The summed E-state index contributed by atoms with van der Waals surface area (Å²) < 4.78 is 0. The quantitative estimate of drug-likeness (QED) is 0.706. The number of H-pyrrole nitrogens is 1. The van der Waals surface area contributed by atoms with E-state index in [0.717, 1.165) is 29.6 Å². The third kappa shape index (κ3) is 3.73. The van der Waals surface area contributed by atoms with Gasteiger partial charge in [-0.25, -0.2) is 4.98 Å². The predicted molar refractivity (Wildman–Crippen MR) is 112 cm³/mol. The number of anilines is 2. The van der Waals surface area contributed by atoms with Gasteiger partial charge in [0, 0.05) is 23.8 Å². The molecule has 0 saturated carbocycles. The number of carbonyl (C=O) groups is 1. The lowest BCUT2D eigenvalue weighted by Gasteiger charge is -2.32. The van der Waals surface area contributed by atoms with E-state index in [1.165, 1.54) is 0 Å². The van der Waals surface area contributed by atoms with E-state index in [1.54, 1.807) is 12.1 Å². The molecule has 6 nitrogen and oxygen atoms in total. The molecule has 1 unspecified atom stereocenters. The molecule has 1 aliphatic rings. The van der Waals surface area contributed by atoms with Crippen LogP contribution < -0.4 is 15.8 Å². The van der Waals surface area contributed by atoms with Crippen LogP contribution in [0, 0.1) is 12.8 Å². The lowest BCUT2D eigenvalue weighted by atomic mass is 9.97. The van der Waals surface area contributed by atoms with Crippen molar-refractivity contribution in [1.82, 2.24) is 9.97 Å². The predicted octanol–water partition coefficient (Wildman–Crippen LogP) is 3.74. The maximum absolute atomic E-state index is 12.8. The van der Waals surface area contributed by atoms with E-state index in [2.05, 4.69) is 15.3 Å². The number of hydrogen-bond acceptors (Lipinski definition) is 4. The lowest BCUT2D eigenvalue weighted by molar-refractivity contribution is -0.120. The number of hydrogen-bond donors (Lipinski definition) is 2. The van der Waals surface area contributed by atoms with Crippen LogP contribution in [0.1, 0.15) is 18.4 Å². The highest BCUT2D eigenvalue weighted by Crippen LogP contribution is 2.24. The summed E-state index contributed by atoms with van der Waals surface area (Å²) in [7, 11) is 0. The minimum absolute atomic E-state index is 0.0627.